The second-order valence-electron chi connectivity index (χ2n) is 7.53. The molecule has 6 heteroatoms. The molecule has 1 aliphatic heterocycles. The van der Waals surface area contributed by atoms with Gasteiger partial charge in [0.05, 0.1) is 5.69 Å². The Bertz CT molecular complexity index is 928. The molecule has 1 aromatic heterocycles. The molecule has 1 fully saturated rings. The van der Waals surface area contributed by atoms with Crippen LogP contribution in [-0.2, 0) is 13.1 Å². The molecule has 0 radical (unpaired) electrons. The summed E-state index contributed by atoms with van der Waals surface area (Å²) in [7, 11) is 0. The van der Waals surface area contributed by atoms with Crippen LogP contribution in [0.25, 0.3) is 5.69 Å². The number of urea groups is 1. The Hall–Kier alpha value is -3.12. The van der Waals surface area contributed by atoms with E-state index in [4.69, 9.17) is 0 Å². The maximum Gasteiger partial charge on any atom is 0.317 e. The number of piperazine rings is 1. The number of hydrogen-bond acceptors (Lipinski definition) is 3. The fraction of sp³-hybridized carbons (Fsp3) is 0.304. The number of benzene rings is 2. The third kappa shape index (κ3) is 5.03. The maximum atomic E-state index is 12.5. The largest absolute Gasteiger partial charge is 0.334 e. The van der Waals surface area contributed by atoms with Crippen molar-refractivity contribution in [2.24, 2.45) is 0 Å². The molecule has 1 saturated heterocycles. The van der Waals surface area contributed by atoms with Gasteiger partial charge in [0.1, 0.15) is 0 Å². The molecule has 4 rings (SSSR count). The lowest BCUT2D eigenvalue weighted by molar-refractivity contribution is 0.135. The maximum absolute atomic E-state index is 12.5. The van der Waals surface area contributed by atoms with Crippen molar-refractivity contribution >= 4 is 6.03 Å². The quantitative estimate of drug-likeness (QED) is 0.729. The highest BCUT2D eigenvalue weighted by Crippen LogP contribution is 2.11. The van der Waals surface area contributed by atoms with Crippen LogP contribution in [0.5, 0.6) is 0 Å². The molecular formula is C23H27N5O. The topological polar surface area (TPSA) is 53.4 Å². The second-order valence-corrected chi connectivity index (χ2v) is 7.53. The fourth-order valence-corrected chi connectivity index (χ4v) is 3.66. The van der Waals surface area contributed by atoms with E-state index in [1.165, 1.54) is 11.1 Å². The molecule has 29 heavy (non-hydrogen) atoms. The lowest BCUT2D eigenvalue weighted by atomic mass is 10.1. The van der Waals surface area contributed by atoms with Gasteiger partial charge in [-0.3, -0.25) is 4.90 Å². The van der Waals surface area contributed by atoms with Crippen LogP contribution in [0.3, 0.4) is 0 Å². The van der Waals surface area contributed by atoms with Crippen molar-refractivity contribution < 1.29 is 4.79 Å². The van der Waals surface area contributed by atoms with Gasteiger partial charge < -0.3 is 10.2 Å². The van der Waals surface area contributed by atoms with Crippen LogP contribution < -0.4 is 5.32 Å². The molecule has 0 bridgehead atoms. The highest BCUT2D eigenvalue weighted by atomic mass is 16.2. The van der Waals surface area contributed by atoms with Crippen LogP contribution in [0, 0.1) is 6.92 Å². The van der Waals surface area contributed by atoms with Crippen LogP contribution in [0.4, 0.5) is 4.79 Å². The fourth-order valence-electron chi connectivity index (χ4n) is 3.66. The molecule has 6 nitrogen and oxygen atoms in total. The van der Waals surface area contributed by atoms with Crippen molar-refractivity contribution in [3.05, 3.63) is 83.7 Å². The van der Waals surface area contributed by atoms with Gasteiger partial charge in [-0.25, -0.2) is 9.48 Å². The molecular weight excluding hydrogens is 362 g/mol. The number of aryl methyl sites for hydroxylation is 1. The van der Waals surface area contributed by atoms with Gasteiger partial charge >= 0.3 is 6.03 Å². The standard InChI is InChI=1S/C23H27N5O/c1-19-4-2-5-21(16-19)18-26-12-14-27(15-13-26)23(29)24-17-20-6-8-22(9-7-20)28-11-3-10-25-28/h2-11,16H,12-15,17-18H2,1H3,(H,24,29). The first-order valence-corrected chi connectivity index (χ1v) is 10.1. The van der Waals surface area contributed by atoms with Gasteiger partial charge in [0.2, 0.25) is 0 Å². The van der Waals surface area contributed by atoms with Gasteiger partial charge in [0.15, 0.2) is 0 Å². The number of aromatic nitrogens is 2. The lowest BCUT2D eigenvalue weighted by Crippen LogP contribution is -2.51. The number of carbonyl (C=O) groups is 1. The van der Waals surface area contributed by atoms with E-state index in [2.05, 4.69) is 46.5 Å². The Labute approximate surface area is 171 Å². The first-order valence-electron chi connectivity index (χ1n) is 10.1. The average Bonchev–Trinajstić information content (AvgIpc) is 3.28. The van der Waals surface area contributed by atoms with Crippen LogP contribution >= 0.6 is 0 Å². The van der Waals surface area contributed by atoms with Gasteiger partial charge in [0, 0.05) is 51.7 Å². The second kappa shape index (κ2) is 8.92. The molecule has 1 aliphatic rings. The van der Waals surface area contributed by atoms with Crippen LogP contribution in [0.1, 0.15) is 16.7 Å². The molecule has 3 aromatic rings. The molecule has 150 valence electrons. The van der Waals surface area contributed by atoms with E-state index in [1.807, 2.05) is 46.1 Å². The predicted octanol–water partition coefficient (Wildman–Crippen LogP) is 3.21. The molecule has 2 amide bonds. The Kier molecular flexibility index (Phi) is 5.91. The van der Waals surface area contributed by atoms with Gasteiger partial charge in [-0.15, -0.1) is 0 Å². The van der Waals surface area contributed by atoms with E-state index >= 15 is 0 Å². The van der Waals surface area contributed by atoms with E-state index in [1.54, 1.807) is 6.20 Å². The zero-order chi connectivity index (χ0) is 20.1. The summed E-state index contributed by atoms with van der Waals surface area (Å²) in [5, 5.41) is 7.27. The van der Waals surface area contributed by atoms with E-state index in [0.29, 0.717) is 6.54 Å². The minimum atomic E-state index is 0.0105. The Morgan fingerprint density at radius 1 is 1.00 bits per heavy atom. The average molecular weight is 390 g/mol. The Morgan fingerprint density at radius 2 is 1.79 bits per heavy atom. The number of nitrogens with one attached hydrogen (secondary N) is 1. The monoisotopic (exact) mass is 389 g/mol. The third-order valence-corrected chi connectivity index (χ3v) is 5.30. The SMILES string of the molecule is Cc1cccc(CN2CCN(C(=O)NCc3ccc(-n4cccn4)cc3)CC2)c1. The van der Waals surface area contributed by atoms with Crippen LogP contribution in [0.2, 0.25) is 0 Å². The minimum Gasteiger partial charge on any atom is -0.334 e. The van der Waals surface area contributed by atoms with Crippen LogP contribution in [0.15, 0.2) is 67.0 Å². The zero-order valence-electron chi connectivity index (χ0n) is 16.8. The van der Waals surface area contributed by atoms with Crippen molar-refractivity contribution in [3.8, 4) is 5.69 Å². The molecule has 0 unspecified atom stereocenters. The predicted molar refractivity (Wildman–Crippen MR) is 114 cm³/mol. The highest BCUT2D eigenvalue weighted by Gasteiger charge is 2.20. The summed E-state index contributed by atoms with van der Waals surface area (Å²) in [6.45, 7) is 6.92. The Morgan fingerprint density at radius 3 is 2.48 bits per heavy atom. The summed E-state index contributed by atoms with van der Waals surface area (Å²) in [4.78, 5) is 16.8. The summed E-state index contributed by atoms with van der Waals surface area (Å²) in [5.74, 6) is 0. The van der Waals surface area contributed by atoms with Crippen molar-refractivity contribution in [2.45, 2.75) is 20.0 Å². The van der Waals surface area contributed by atoms with Gasteiger partial charge in [-0.05, 0) is 36.2 Å². The van der Waals surface area contributed by atoms with Gasteiger partial charge in [-0.2, -0.15) is 5.10 Å². The van der Waals surface area contributed by atoms with Crippen LogP contribution in [-0.4, -0.2) is 51.8 Å². The number of rotatable bonds is 5. The minimum absolute atomic E-state index is 0.0105. The van der Waals surface area contributed by atoms with Crippen molar-refractivity contribution in [1.82, 2.24) is 24.9 Å². The molecule has 0 spiro atoms. The van der Waals surface area contributed by atoms with Crippen molar-refractivity contribution in [3.63, 3.8) is 0 Å². The molecule has 1 N–H and O–H groups in total. The molecule has 2 heterocycles. The van der Waals surface area contributed by atoms with E-state index in [0.717, 1.165) is 44.0 Å². The molecule has 0 aliphatic carbocycles. The van der Waals surface area contributed by atoms with E-state index in [9.17, 15) is 4.79 Å². The normalized spacial score (nSPS) is 14.7. The number of hydrogen-bond donors (Lipinski definition) is 1. The summed E-state index contributed by atoms with van der Waals surface area (Å²) >= 11 is 0. The lowest BCUT2D eigenvalue weighted by Gasteiger charge is -2.34. The zero-order valence-corrected chi connectivity index (χ0v) is 16.8. The first kappa shape index (κ1) is 19.2. The smallest absolute Gasteiger partial charge is 0.317 e. The first-order chi connectivity index (χ1) is 14.2. The highest BCUT2D eigenvalue weighted by molar-refractivity contribution is 5.74. The summed E-state index contributed by atoms with van der Waals surface area (Å²) in [6, 6.07) is 18.6. The van der Waals surface area contributed by atoms with Crippen molar-refractivity contribution in [1.29, 1.82) is 0 Å². The summed E-state index contributed by atoms with van der Waals surface area (Å²) in [5.41, 5.74) is 4.71. The number of carbonyl (C=O) groups excluding carboxylic acids is 1. The number of nitrogens with zero attached hydrogens (tertiary/aromatic N) is 4. The number of amides is 2. The summed E-state index contributed by atoms with van der Waals surface area (Å²) in [6.07, 6.45) is 3.67. The van der Waals surface area contributed by atoms with Gasteiger partial charge in [0.25, 0.3) is 0 Å². The third-order valence-electron chi connectivity index (χ3n) is 5.30. The molecule has 2 aromatic carbocycles. The van der Waals surface area contributed by atoms with Crippen molar-refractivity contribution in [2.75, 3.05) is 26.2 Å². The summed E-state index contributed by atoms with van der Waals surface area (Å²) < 4.78 is 1.82. The van der Waals surface area contributed by atoms with Gasteiger partial charge in [-0.1, -0.05) is 42.0 Å². The molecule has 0 saturated carbocycles. The molecule has 0 atom stereocenters. The van der Waals surface area contributed by atoms with E-state index < -0.39 is 0 Å². The van der Waals surface area contributed by atoms with E-state index in [-0.39, 0.29) is 6.03 Å². The Balaban J connectivity index is 1.23.